The summed E-state index contributed by atoms with van der Waals surface area (Å²) in [5.41, 5.74) is 1.46. The minimum Gasteiger partial charge on any atom is -0.391 e. The van der Waals surface area contributed by atoms with Crippen LogP contribution in [0.2, 0.25) is 5.02 Å². The smallest absolute Gasteiger partial charge is 0.391 e. The molecule has 0 aliphatic carbocycles. The Kier molecular flexibility index (Phi) is 6.73. The van der Waals surface area contributed by atoms with Gasteiger partial charge in [0.1, 0.15) is 18.6 Å². The molecule has 5 nitrogen and oxygen atoms in total. The number of nitrogens with zero attached hydrogens (tertiary/aromatic N) is 4. The fraction of sp³-hybridized carbons (Fsp3) is 0.190. The van der Waals surface area contributed by atoms with Crippen molar-refractivity contribution in [2.45, 2.75) is 24.6 Å². The number of alkyl halides is 3. The van der Waals surface area contributed by atoms with E-state index in [1.54, 1.807) is 16.3 Å². The number of benzene rings is 2. The molecule has 0 unspecified atom stereocenters. The second-order valence-electron chi connectivity index (χ2n) is 6.72. The Morgan fingerprint density at radius 2 is 1.88 bits per heavy atom. The lowest BCUT2D eigenvalue weighted by Crippen LogP contribution is -2.07. The Balaban J connectivity index is 1.52. The molecule has 0 saturated heterocycles. The molecular formula is C21H16ClF3N4OS2. The van der Waals surface area contributed by atoms with Crippen molar-refractivity contribution in [3.05, 3.63) is 81.6 Å². The van der Waals surface area contributed by atoms with Crippen molar-refractivity contribution in [2.24, 2.45) is 5.16 Å². The molecule has 0 saturated carbocycles. The quantitative estimate of drug-likeness (QED) is 0.167. The highest BCUT2D eigenvalue weighted by molar-refractivity contribution is 8.00. The van der Waals surface area contributed by atoms with Crippen molar-refractivity contribution in [3.8, 4) is 0 Å². The van der Waals surface area contributed by atoms with Gasteiger partial charge in [0.2, 0.25) is 4.96 Å². The number of aromatic nitrogens is 3. The maximum atomic E-state index is 12.7. The number of oxime groups is 1. The molecule has 0 spiro atoms. The van der Waals surface area contributed by atoms with Gasteiger partial charge in [-0.15, -0.1) is 11.8 Å². The maximum absolute atomic E-state index is 12.7. The number of thiazole rings is 1. The Morgan fingerprint density at radius 3 is 2.53 bits per heavy atom. The van der Waals surface area contributed by atoms with Crippen LogP contribution in [-0.4, -0.2) is 26.1 Å². The minimum atomic E-state index is -4.37. The van der Waals surface area contributed by atoms with Crippen LogP contribution in [0.3, 0.4) is 0 Å². The molecule has 2 aromatic heterocycles. The Hall–Kier alpha value is -2.56. The Bertz CT molecular complexity index is 1230. The molecule has 2 heterocycles. The third kappa shape index (κ3) is 5.25. The van der Waals surface area contributed by atoms with Crippen molar-refractivity contribution in [1.29, 1.82) is 0 Å². The van der Waals surface area contributed by atoms with E-state index in [9.17, 15) is 13.2 Å². The fourth-order valence-electron chi connectivity index (χ4n) is 2.85. The highest BCUT2D eigenvalue weighted by Crippen LogP contribution is 2.29. The highest BCUT2D eigenvalue weighted by Gasteiger charge is 2.29. The number of aryl methyl sites for hydroxylation is 1. The van der Waals surface area contributed by atoms with Gasteiger partial charge in [-0.25, -0.2) is 9.50 Å². The van der Waals surface area contributed by atoms with Gasteiger partial charge in [-0.3, -0.25) is 0 Å². The molecule has 0 radical (unpaired) electrons. The lowest BCUT2D eigenvalue weighted by atomic mass is 10.1. The molecule has 4 rings (SSSR count). The summed E-state index contributed by atoms with van der Waals surface area (Å²) in [6.07, 6.45) is -2.88. The van der Waals surface area contributed by atoms with Crippen molar-refractivity contribution in [3.63, 3.8) is 0 Å². The van der Waals surface area contributed by atoms with Crippen LogP contribution in [-0.2, 0) is 17.6 Å². The van der Waals surface area contributed by atoms with Crippen LogP contribution >= 0.6 is 34.7 Å². The first-order valence-electron chi connectivity index (χ1n) is 9.34. The van der Waals surface area contributed by atoms with Crippen LogP contribution in [0.1, 0.15) is 21.7 Å². The number of halogens is 4. The summed E-state index contributed by atoms with van der Waals surface area (Å²) in [6.45, 7) is 1.97. The van der Waals surface area contributed by atoms with E-state index >= 15 is 0 Å². The number of thioether (sulfide) groups is 1. The molecule has 0 amide bonds. The zero-order valence-electron chi connectivity index (χ0n) is 16.6. The number of fused-ring (bicyclic) bond motifs is 1. The van der Waals surface area contributed by atoms with Crippen LogP contribution in [0.15, 0.2) is 64.9 Å². The van der Waals surface area contributed by atoms with E-state index in [2.05, 4.69) is 15.2 Å². The van der Waals surface area contributed by atoms with Crippen molar-refractivity contribution < 1.29 is 18.0 Å². The molecule has 0 bridgehead atoms. The van der Waals surface area contributed by atoms with Gasteiger partial charge < -0.3 is 4.84 Å². The average molecular weight is 497 g/mol. The molecule has 0 fully saturated rings. The van der Waals surface area contributed by atoms with Crippen LogP contribution in [0.5, 0.6) is 0 Å². The summed E-state index contributed by atoms with van der Waals surface area (Å²) in [7, 11) is 0. The van der Waals surface area contributed by atoms with Gasteiger partial charge in [-0.05, 0) is 48.9 Å². The predicted molar refractivity (Wildman–Crippen MR) is 121 cm³/mol. The zero-order valence-corrected chi connectivity index (χ0v) is 19.0. The normalized spacial score (nSPS) is 12.5. The van der Waals surface area contributed by atoms with Gasteiger partial charge in [0.25, 0.3) is 0 Å². The number of rotatable bonds is 7. The van der Waals surface area contributed by atoms with Gasteiger partial charge in [-0.2, -0.15) is 18.3 Å². The van der Waals surface area contributed by atoms with Crippen LogP contribution in [0, 0.1) is 6.92 Å². The molecule has 0 atom stereocenters. The largest absolute Gasteiger partial charge is 0.416 e. The second kappa shape index (κ2) is 9.51. The molecular weight excluding hydrogens is 481 g/mol. The summed E-state index contributed by atoms with van der Waals surface area (Å²) in [5.74, 6) is 0.513. The highest BCUT2D eigenvalue weighted by atomic mass is 35.5. The average Bonchev–Trinajstić information content (AvgIpc) is 3.34. The van der Waals surface area contributed by atoms with E-state index < -0.39 is 11.7 Å². The summed E-state index contributed by atoms with van der Waals surface area (Å²) in [4.78, 5) is 12.4. The zero-order chi connectivity index (χ0) is 22.7. The van der Waals surface area contributed by atoms with E-state index in [-0.39, 0.29) is 6.61 Å². The van der Waals surface area contributed by atoms with Crippen molar-refractivity contribution in [2.75, 3.05) is 5.75 Å². The van der Waals surface area contributed by atoms with Gasteiger partial charge in [0, 0.05) is 15.7 Å². The van der Waals surface area contributed by atoms with E-state index in [0.29, 0.717) is 22.1 Å². The van der Waals surface area contributed by atoms with Crippen LogP contribution < -0.4 is 0 Å². The van der Waals surface area contributed by atoms with Crippen LogP contribution in [0.4, 0.5) is 13.2 Å². The predicted octanol–water partition coefficient (Wildman–Crippen LogP) is 6.48. The number of hydrogen-bond donors (Lipinski definition) is 0. The lowest BCUT2D eigenvalue weighted by Gasteiger charge is -2.08. The van der Waals surface area contributed by atoms with Gasteiger partial charge >= 0.3 is 6.18 Å². The first-order valence-corrected chi connectivity index (χ1v) is 11.5. The Labute approximate surface area is 194 Å². The van der Waals surface area contributed by atoms with E-state index in [0.717, 1.165) is 32.6 Å². The first-order chi connectivity index (χ1) is 15.3. The molecule has 11 heteroatoms. The van der Waals surface area contributed by atoms with Gasteiger partial charge in [-0.1, -0.05) is 40.2 Å². The summed E-state index contributed by atoms with van der Waals surface area (Å²) < 4.78 is 39.9. The first kappa shape index (κ1) is 22.6. The molecule has 0 aliphatic rings. The third-order valence-corrected chi connectivity index (χ3v) is 6.97. The van der Waals surface area contributed by atoms with Crippen molar-refractivity contribution in [1.82, 2.24) is 14.6 Å². The molecule has 0 aliphatic heterocycles. The second-order valence-corrected chi connectivity index (χ2v) is 9.18. The van der Waals surface area contributed by atoms with Crippen molar-refractivity contribution >= 4 is 45.4 Å². The SMILES string of the molecule is Cc1c(C(CSc2ccc(Cl)cc2)=NOCc2ccc(C(F)(F)F)cc2)sc2ncnn12. The maximum Gasteiger partial charge on any atom is 0.416 e. The number of hydrogen-bond acceptors (Lipinski definition) is 6. The standard InChI is InChI=1S/C21H16ClF3N4OS2/c1-13-19(32-20-26-12-27-29(13)20)18(11-31-17-8-6-16(22)7-9-17)28-30-10-14-2-4-15(5-3-14)21(23,24)25/h2-9,12H,10-11H2,1H3. The lowest BCUT2D eigenvalue weighted by molar-refractivity contribution is -0.137. The van der Waals surface area contributed by atoms with Crippen LogP contribution in [0.25, 0.3) is 4.96 Å². The van der Waals surface area contributed by atoms with E-state index in [4.69, 9.17) is 16.4 Å². The molecule has 4 aromatic rings. The fourth-order valence-corrected chi connectivity index (χ4v) is 4.91. The molecule has 2 aromatic carbocycles. The monoisotopic (exact) mass is 496 g/mol. The summed E-state index contributed by atoms with van der Waals surface area (Å²) in [6, 6.07) is 12.3. The third-order valence-electron chi connectivity index (χ3n) is 4.49. The molecule has 32 heavy (non-hydrogen) atoms. The minimum absolute atomic E-state index is 0.0487. The van der Waals surface area contributed by atoms with Gasteiger partial charge in [0.05, 0.1) is 16.1 Å². The van der Waals surface area contributed by atoms with Gasteiger partial charge in [0.15, 0.2) is 0 Å². The molecule has 0 N–H and O–H groups in total. The van der Waals surface area contributed by atoms with E-state index in [1.807, 2.05) is 31.2 Å². The summed E-state index contributed by atoms with van der Waals surface area (Å²) in [5, 5.41) is 9.19. The Morgan fingerprint density at radius 1 is 1.16 bits per heavy atom. The summed E-state index contributed by atoms with van der Waals surface area (Å²) >= 11 is 8.97. The molecule has 166 valence electrons. The van der Waals surface area contributed by atoms with E-state index in [1.165, 1.54) is 29.8 Å². The topological polar surface area (TPSA) is 51.8 Å².